The van der Waals surface area contributed by atoms with Crippen LogP contribution >= 0.6 is 15.3 Å². The number of hydrogen-bond donors (Lipinski definition) is 0. The molecule has 2 bridgehead atoms. The van der Waals surface area contributed by atoms with Crippen LogP contribution in [0.15, 0.2) is 20.7 Å². The van der Waals surface area contributed by atoms with Crippen LogP contribution in [-0.4, -0.2) is 29.6 Å². The minimum atomic E-state index is -1.45. The summed E-state index contributed by atoms with van der Waals surface area (Å²) in [6.07, 6.45) is 10.5. The minimum Gasteiger partial charge on any atom is -0.121 e. The van der Waals surface area contributed by atoms with Crippen LogP contribution in [0.25, 0.3) is 0 Å². The third-order valence-electron chi connectivity index (χ3n) is 8.07. The summed E-state index contributed by atoms with van der Waals surface area (Å²) in [4.78, 5) is 4.16. The van der Waals surface area contributed by atoms with Crippen LogP contribution in [-0.2, 0) is 0 Å². The first-order valence-electron chi connectivity index (χ1n) is 10.7. The van der Waals surface area contributed by atoms with Gasteiger partial charge in [-0.15, -0.1) is 15.3 Å². The Morgan fingerprint density at radius 2 is 1.48 bits per heavy atom. The Morgan fingerprint density at radius 3 is 1.96 bits per heavy atom. The summed E-state index contributed by atoms with van der Waals surface area (Å²) in [7, 11) is -2.60. The zero-order valence-electron chi connectivity index (χ0n) is 17.3. The van der Waals surface area contributed by atoms with E-state index in [1.54, 1.807) is 0 Å². The lowest BCUT2D eigenvalue weighted by Crippen LogP contribution is -2.48. The number of fused-ring (bicyclic) bond motifs is 2. The Morgan fingerprint density at radius 1 is 0.960 bits per heavy atom. The average molecular weight is 451 g/mol. The summed E-state index contributed by atoms with van der Waals surface area (Å²) in [5.74, 6) is 2.03. The van der Waals surface area contributed by atoms with Crippen LogP contribution in [0.2, 0.25) is 57.0 Å². The quantitative estimate of drug-likeness (QED) is 0.305. The molecule has 2 saturated heterocycles. The molecule has 4 rings (SSSR count). The summed E-state index contributed by atoms with van der Waals surface area (Å²) in [6, 6.07) is 1.54. The van der Waals surface area contributed by atoms with Crippen molar-refractivity contribution in [2.45, 2.75) is 102 Å². The van der Waals surface area contributed by atoms with Gasteiger partial charge in [0.1, 0.15) is 6.69 Å². The molecule has 0 nitrogen and oxygen atoms in total. The number of rotatable bonds is 2. The largest absolute Gasteiger partial charge is 0.181 e. The van der Waals surface area contributed by atoms with E-state index in [0.29, 0.717) is 0 Å². The van der Waals surface area contributed by atoms with Crippen LogP contribution in [0.5, 0.6) is 0 Å². The number of hydrogen-bond acceptors (Lipinski definition) is 0. The maximum absolute atomic E-state index is 4.32. The molecule has 0 aromatic heterocycles. The summed E-state index contributed by atoms with van der Waals surface area (Å²) >= 11 is 4.32. The molecule has 0 amide bonds. The van der Waals surface area contributed by atoms with Gasteiger partial charge in [0.05, 0.1) is 16.1 Å². The molecule has 5 heteroatoms. The van der Waals surface area contributed by atoms with Crippen molar-refractivity contribution in [2.75, 3.05) is 0 Å². The first-order chi connectivity index (χ1) is 11.5. The second kappa shape index (κ2) is 6.09. The molecule has 25 heavy (non-hydrogen) atoms. The van der Waals surface area contributed by atoms with Crippen molar-refractivity contribution < 1.29 is 0 Å². The zero-order chi connectivity index (χ0) is 18.2. The van der Waals surface area contributed by atoms with Crippen LogP contribution < -0.4 is 0 Å². The molecule has 4 aliphatic heterocycles. The Bertz CT molecular complexity index is 634. The van der Waals surface area contributed by atoms with E-state index in [1.807, 2.05) is 11.0 Å². The van der Waals surface area contributed by atoms with Gasteiger partial charge in [-0.2, -0.15) is 0 Å². The lowest BCUT2D eigenvalue weighted by atomic mass is 9.24. The van der Waals surface area contributed by atoms with Crippen molar-refractivity contribution in [2.24, 2.45) is 0 Å². The molecule has 0 spiro atoms. The van der Waals surface area contributed by atoms with Gasteiger partial charge in [-0.1, -0.05) is 116 Å². The molecule has 0 unspecified atom stereocenters. The SMILES string of the molecule is C[Si](C)(Br)C1=C(B2C3CCCC2CCC3)C2=C([Si](C)(C)CC2)[Si]1(C)C. The second-order valence-corrected chi connectivity index (χ2v) is 30.4. The molecule has 0 aliphatic carbocycles. The molecule has 2 fully saturated rings. The highest BCUT2D eigenvalue weighted by atomic mass is 79.9. The normalized spacial score (nSPS) is 34.0. The maximum atomic E-state index is 4.32. The average Bonchev–Trinajstić information content (AvgIpc) is 2.90. The van der Waals surface area contributed by atoms with E-state index >= 15 is 0 Å². The van der Waals surface area contributed by atoms with Gasteiger partial charge in [0, 0.05) is 0 Å². The van der Waals surface area contributed by atoms with E-state index in [2.05, 4.69) is 64.2 Å². The van der Waals surface area contributed by atoms with Crippen molar-refractivity contribution in [3.8, 4) is 0 Å². The van der Waals surface area contributed by atoms with E-state index in [1.165, 1.54) is 51.0 Å². The van der Waals surface area contributed by atoms with Gasteiger partial charge < -0.3 is 0 Å². The summed E-state index contributed by atoms with van der Waals surface area (Å²) in [5.41, 5.74) is 3.97. The summed E-state index contributed by atoms with van der Waals surface area (Å²) in [5, 5.41) is 0. The maximum Gasteiger partial charge on any atom is 0.181 e. The molecule has 0 atom stereocenters. The molecule has 0 N–H and O–H groups in total. The molecule has 4 heterocycles. The molecular weight excluding hydrogens is 415 g/mol. The molecule has 138 valence electrons. The molecule has 4 aliphatic rings. The first-order valence-corrected chi connectivity index (χ1v) is 22.2. The second-order valence-electron chi connectivity index (χ2n) is 11.0. The van der Waals surface area contributed by atoms with Crippen molar-refractivity contribution in [1.29, 1.82) is 0 Å². The van der Waals surface area contributed by atoms with Gasteiger partial charge in [0.2, 0.25) is 0 Å². The smallest absolute Gasteiger partial charge is 0.121 e. The topological polar surface area (TPSA) is 0 Å². The predicted molar refractivity (Wildman–Crippen MR) is 126 cm³/mol. The Hall–Kier alpha value is 0.676. The van der Waals surface area contributed by atoms with E-state index in [9.17, 15) is 0 Å². The lowest BCUT2D eigenvalue weighted by molar-refractivity contribution is 0.446. The fourth-order valence-electron chi connectivity index (χ4n) is 7.78. The third-order valence-corrected chi connectivity index (χ3v) is 25.7. The highest BCUT2D eigenvalue weighted by Crippen LogP contribution is 2.59. The lowest BCUT2D eigenvalue weighted by Gasteiger charge is -2.44. The zero-order valence-corrected chi connectivity index (χ0v) is 21.9. The summed E-state index contributed by atoms with van der Waals surface area (Å²) < 4.78 is 0. The van der Waals surface area contributed by atoms with E-state index in [4.69, 9.17) is 0 Å². The fraction of sp³-hybridized carbons (Fsp3) is 0.800. The highest BCUT2D eigenvalue weighted by Gasteiger charge is 2.57. The van der Waals surface area contributed by atoms with Crippen molar-refractivity contribution in [1.82, 2.24) is 0 Å². The standard InChI is InChI=1S/C20H36BBrSi3/c1-23(2)14-13-17-18(20(25(5,6)22)24(3,4)19(17)23)21-15-9-7-10-16(21)12-8-11-15/h15-16H,7-14H2,1-6H3. The monoisotopic (exact) mass is 450 g/mol. The van der Waals surface area contributed by atoms with Crippen LogP contribution in [0.1, 0.15) is 44.9 Å². The fourth-order valence-corrected chi connectivity index (χ4v) is 32.5. The van der Waals surface area contributed by atoms with Crippen LogP contribution in [0.3, 0.4) is 0 Å². The third kappa shape index (κ3) is 2.85. The number of halogens is 1. The van der Waals surface area contributed by atoms with Gasteiger partial charge in [-0.25, -0.2) is 0 Å². The molecule has 0 radical (unpaired) electrons. The summed E-state index contributed by atoms with van der Waals surface area (Å²) in [6.45, 7) is 15.5. The van der Waals surface area contributed by atoms with Crippen molar-refractivity contribution in [3.05, 3.63) is 20.7 Å². The van der Waals surface area contributed by atoms with Gasteiger partial charge >= 0.3 is 0 Å². The minimum absolute atomic E-state index is 0.948. The van der Waals surface area contributed by atoms with E-state index < -0.39 is 22.8 Å². The van der Waals surface area contributed by atoms with Crippen LogP contribution in [0, 0.1) is 0 Å². The van der Waals surface area contributed by atoms with Crippen molar-refractivity contribution in [3.63, 3.8) is 0 Å². The Balaban J connectivity index is 1.92. The van der Waals surface area contributed by atoms with E-state index in [-0.39, 0.29) is 0 Å². The van der Waals surface area contributed by atoms with Gasteiger partial charge in [0.15, 0.2) is 6.71 Å². The van der Waals surface area contributed by atoms with Gasteiger partial charge in [0.25, 0.3) is 0 Å². The Kier molecular flexibility index (Phi) is 4.63. The first kappa shape index (κ1) is 19.0. The molecule has 0 aromatic rings. The van der Waals surface area contributed by atoms with Gasteiger partial charge in [-0.3, -0.25) is 0 Å². The number of allylic oxidation sites excluding steroid dienone is 2. The van der Waals surface area contributed by atoms with Crippen molar-refractivity contribution >= 4 is 44.8 Å². The highest BCUT2D eigenvalue weighted by molar-refractivity contribution is 9.26. The predicted octanol–water partition coefficient (Wildman–Crippen LogP) is 7.31. The van der Waals surface area contributed by atoms with Crippen LogP contribution in [0.4, 0.5) is 0 Å². The molecule has 0 aromatic carbocycles. The van der Waals surface area contributed by atoms with E-state index in [0.717, 1.165) is 18.3 Å². The Labute approximate surface area is 167 Å². The van der Waals surface area contributed by atoms with Gasteiger partial charge in [-0.05, 0) is 6.42 Å². The molecular formula is C20H36BBrSi3. The molecule has 0 saturated carbocycles.